The van der Waals surface area contributed by atoms with Gasteiger partial charge in [-0.2, -0.15) is 13.2 Å². The summed E-state index contributed by atoms with van der Waals surface area (Å²) in [6, 6.07) is -1.38. The molecule has 0 aromatic rings. The van der Waals surface area contributed by atoms with Crippen molar-refractivity contribution in [2.24, 2.45) is 4.99 Å². The molecular formula is C19H37F3IN5. The molecule has 2 fully saturated rings. The maximum absolute atomic E-state index is 12.8. The fourth-order valence-corrected chi connectivity index (χ4v) is 3.88. The van der Waals surface area contributed by atoms with Crippen molar-refractivity contribution in [3.05, 3.63) is 0 Å². The van der Waals surface area contributed by atoms with Gasteiger partial charge in [0, 0.05) is 39.8 Å². The van der Waals surface area contributed by atoms with Crippen molar-refractivity contribution in [3.8, 4) is 0 Å². The molecular weight excluding hydrogens is 482 g/mol. The first-order valence-electron chi connectivity index (χ1n) is 10.4. The molecule has 0 amide bonds. The maximum atomic E-state index is 12.8. The van der Waals surface area contributed by atoms with Crippen LogP contribution in [0, 0.1) is 0 Å². The lowest BCUT2D eigenvalue weighted by molar-refractivity contribution is -0.181. The molecule has 1 unspecified atom stereocenters. The van der Waals surface area contributed by atoms with Crippen LogP contribution in [0.2, 0.25) is 0 Å². The minimum Gasteiger partial charge on any atom is -0.356 e. The van der Waals surface area contributed by atoms with E-state index in [-0.39, 0.29) is 24.0 Å². The SMILES string of the molecule is CN=C(NCCCCCN1CCCCC1)N1CCN(C(C)C(F)(F)F)CC1.I. The molecule has 2 saturated heterocycles. The van der Waals surface area contributed by atoms with Gasteiger partial charge >= 0.3 is 6.18 Å². The second-order valence-electron chi connectivity index (χ2n) is 7.68. The van der Waals surface area contributed by atoms with Gasteiger partial charge in [0.05, 0.1) is 0 Å². The molecule has 166 valence electrons. The number of nitrogens with one attached hydrogen (secondary N) is 1. The first-order valence-corrected chi connectivity index (χ1v) is 10.4. The Morgan fingerprint density at radius 1 is 0.964 bits per heavy atom. The highest BCUT2D eigenvalue weighted by Gasteiger charge is 2.41. The van der Waals surface area contributed by atoms with Gasteiger partial charge < -0.3 is 15.1 Å². The first kappa shape index (κ1) is 25.7. The van der Waals surface area contributed by atoms with Crippen molar-refractivity contribution in [3.63, 3.8) is 0 Å². The molecule has 1 atom stereocenters. The van der Waals surface area contributed by atoms with Crippen LogP contribution in [0.15, 0.2) is 4.99 Å². The lowest BCUT2D eigenvalue weighted by atomic mass is 10.1. The average molecular weight is 519 g/mol. The highest BCUT2D eigenvalue weighted by Crippen LogP contribution is 2.25. The number of halogens is 4. The van der Waals surface area contributed by atoms with E-state index in [0.29, 0.717) is 26.2 Å². The number of unbranched alkanes of at least 4 members (excludes halogenated alkanes) is 2. The molecule has 0 aromatic carbocycles. The van der Waals surface area contributed by atoms with Crippen LogP contribution in [0.25, 0.3) is 0 Å². The number of guanidine groups is 1. The fraction of sp³-hybridized carbons (Fsp3) is 0.947. The van der Waals surface area contributed by atoms with Crippen molar-refractivity contribution in [1.82, 2.24) is 20.0 Å². The number of hydrogen-bond acceptors (Lipinski definition) is 3. The van der Waals surface area contributed by atoms with Crippen LogP contribution in [-0.4, -0.2) is 92.3 Å². The average Bonchev–Trinajstić information content (AvgIpc) is 2.67. The summed E-state index contributed by atoms with van der Waals surface area (Å²) in [7, 11) is 1.74. The summed E-state index contributed by atoms with van der Waals surface area (Å²) in [5.74, 6) is 0.811. The Labute approximate surface area is 185 Å². The lowest BCUT2D eigenvalue weighted by Gasteiger charge is -2.39. The van der Waals surface area contributed by atoms with Gasteiger partial charge in [-0.15, -0.1) is 24.0 Å². The highest BCUT2D eigenvalue weighted by atomic mass is 127. The zero-order valence-electron chi connectivity index (χ0n) is 17.3. The summed E-state index contributed by atoms with van der Waals surface area (Å²) in [4.78, 5) is 10.4. The van der Waals surface area contributed by atoms with E-state index in [2.05, 4.69) is 20.1 Å². The molecule has 2 heterocycles. The largest absolute Gasteiger partial charge is 0.403 e. The molecule has 0 bridgehead atoms. The first-order chi connectivity index (χ1) is 12.9. The van der Waals surface area contributed by atoms with Crippen LogP contribution >= 0.6 is 24.0 Å². The van der Waals surface area contributed by atoms with Crippen molar-refractivity contribution >= 4 is 29.9 Å². The Morgan fingerprint density at radius 2 is 1.61 bits per heavy atom. The molecule has 28 heavy (non-hydrogen) atoms. The quantitative estimate of drug-likeness (QED) is 0.242. The van der Waals surface area contributed by atoms with Crippen LogP contribution in [0.4, 0.5) is 13.2 Å². The van der Waals surface area contributed by atoms with Gasteiger partial charge in [0.2, 0.25) is 0 Å². The van der Waals surface area contributed by atoms with E-state index in [1.807, 2.05) is 0 Å². The lowest BCUT2D eigenvalue weighted by Crippen LogP contribution is -2.56. The number of alkyl halides is 3. The molecule has 5 nitrogen and oxygen atoms in total. The molecule has 0 aromatic heterocycles. The van der Waals surface area contributed by atoms with Gasteiger partial charge in [-0.3, -0.25) is 9.89 Å². The molecule has 2 aliphatic heterocycles. The molecule has 2 aliphatic rings. The van der Waals surface area contributed by atoms with Gasteiger partial charge in [0.15, 0.2) is 5.96 Å². The number of nitrogens with zero attached hydrogens (tertiary/aromatic N) is 4. The van der Waals surface area contributed by atoms with E-state index in [9.17, 15) is 13.2 Å². The Bertz CT molecular complexity index is 447. The van der Waals surface area contributed by atoms with Gasteiger partial charge in [-0.1, -0.05) is 12.8 Å². The van der Waals surface area contributed by atoms with Crippen LogP contribution in [0.1, 0.15) is 45.4 Å². The van der Waals surface area contributed by atoms with Crippen molar-refractivity contribution in [2.75, 3.05) is 59.4 Å². The predicted octanol–water partition coefficient (Wildman–Crippen LogP) is 3.40. The molecule has 0 saturated carbocycles. The van der Waals surface area contributed by atoms with Crippen molar-refractivity contribution in [1.29, 1.82) is 0 Å². The highest BCUT2D eigenvalue weighted by molar-refractivity contribution is 14.0. The third-order valence-corrected chi connectivity index (χ3v) is 5.73. The Balaban J connectivity index is 0.00000392. The minimum absolute atomic E-state index is 0. The van der Waals surface area contributed by atoms with E-state index in [1.165, 1.54) is 63.6 Å². The smallest absolute Gasteiger partial charge is 0.356 e. The number of hydrogen-bond donors (Lipinski definition) is 1. The minimum atomic E-state index is -4.16. The maximum Gasteiger partial charge on any atom is 0.403 e. The van der Waals surface area contributed by atoms with E-state index < -0.39 is 12.2 Å². The number of piperidine rings is 1. The standard InChI is InChI=1S/C19H36F3N5.HI/c1-17(19(20,21)22)26-13-15-27(16-14-26)18(23-2)24-9-5-3-6-10-25-11-7-4-8-12-25;/h17H,3-16H2,1-2H3,(H,23,24);1H. The third kappa shape index (κ3) is 8.61. The summed E-state index contributed by atoms with van der Waals surface area (Å²) in [6.45, 7) is 7.80. The van der Waals surface area contributed by atoms with E-state index in [1.54, 1.807) is 7.05 Å². The van der Waals surface area contributed by atoms with Crippen LogP contribution in [-0.2, 0) is 0 Å². The van der Waals surface area contributed by atoms with Gasteiger partial charge in [-0.25, -0.2) is 0 Å². The number of aliphatic imine (C=N–C) groups is 1. The molecule has 2 rings (SSSR count). The Morgan fingerprint density at radius 3 is 2.18 bits per heavy atom. The van der Waals surface area contributed by atoms with Gasteiger partial charge in [0.1, 0.15) is 6.04 Å². The molecule has 0 radical (unpaired) electrons. The Kier molecular flexibility index (Phi) is 12.0. The number of piperazine rings is 1. The number of likely N-dealkylation sites (tertiary alicyclic amines) is 1. The van der Waals surface area contributed by atoms with Crippen LogP contribution in [0.5, 0.6) is 0 Å². The van der Waals surface area contributed by atoms with E-state index in [0.717, 1.165) is 18.9 Å². The summed E-state index contributed by atoms with van der Waals surface area (Å²) in [6.07, 6.45) is 3.42. The third-order valence-electron chi connectivity index (χ3n) is 5.73. The molecule has 0 aliphatic carbocycles. The van der Waals surface area contributed by atoms with Gasteiger partial charge in [-0.05, 0) is 52.2 Å². The summed E-state index contributed by atoms with van der Waals surface area (Å²) in [5.41, 5.74) is 0. The van der Waals surface area contributed by atoms with E-state index >= 15 is 0 Å². The van der Waals surface area contributed by atoms with Crippen LogP contribution < -0.4 is 5.32 Å². The van der Waals surface area contributed by atoms with E-state index in [4.69, 9.17) is 0 Å². The predicted molar refractivity (Wildman–Crippen MR) is 120 cm³/mol. The summed E-state index contributed by atoms with van der Waals surface area (Å²) < 4.78 is 38.5. The summed E-state index contributed by atoms with van der Waals surface area (Å²) in [5, 5.41) is 3.37. The molecule has 1 N–H and O–H groups in total. The monoisotopic (exact) mass is 519 g/mol. The van der Waals surface area contributed by atoms with Crippen molar-refractivity contribution < 1.29 is 13.2 Å². The zero-order chi connectivity index (χ0) is 19.7. The topological polar surface area (TPSA) is 34.1 Å². The summed E-state index contributed by atoms with van der Waals surface area (Å²) >= 11 is 0. The fourth-order valence-electron chi connectivity index (χ4n) is 3.88. The van der Waals surface area contributed by atoms with Gasteiger partial charge in [0.25, 0.3) is 0 Å². The number of rotatable bonds is 7. The second-order valence-corrected chi connectivity index (χ2v) is 7.68. The normalized spacial score (nSPS) is 21.3. The second kappa shape index (κ2) is 13.1. The van der Waals surface area contributed by atoms with Crippen molar-refractivity contribution in [2.45, 2.75) is 57.7 Å². The zero-order valence-corrected chi connectivity index (χ0v) is 19.6. The molecule has 0 spiro atoms. The molecule has 9 heteroatoms. The Hall–Kier alpha value is -0.290. The van der Waals surface area contributed by atoms with Crippen LogP contribution in [0.3, 0.4) is 0 Å².